The Morgan fingerprint density at radius 2 is 1.70 bits per heavy atom. The lowest BCUT2D eigenvalue weighted by molar-refractivity contribution is 0.260. The Morgan fingerprint density at radius 1 is 1.10 bits per heavy atom. The average Bonchev–Trinajstić information content (AvgIpc) is 2.88. The Balaban J connectivity index is 2.29. The van der Waals surface area contributed by atoms with Crippen molar-refractivity contribution >= 4 is 17.4 Å². The van der Waals surface area contributed by atoms with E-state index in [1.165, 1.54) is 29.2 Å². The molecule has 0 aromatic heterocycles. The highest BCUT2D eigenvalue weighted by molar-refractivity contribution is 7.98. The monoisotopic (exact) mass is 290 g/mol. The second kappa shape index (κ2) is 4.96. The number of nitrogens with zero attached hydrogens (tertiary/aromatic N) is 2. The van der Waals surface area contributed by atoms with Gasteiger partial charge in [0.2, 0.25) is 0 Å². The predicted molar refractivity (Wildman–Crippen MR) is 89.8 cm³/mol. The van der Waals surface area contributed by atoms with E-state index in [1.807, 2.05) is 0 Å². The number of fused-ring (bicyclic) bond motifs is 2. The summed E-state index contributed by atoms with van der Waals surface area (Å²) in [7, 11) is 6.72. The third-order valence-corrected chi connectivity index (χ3v) is 6.30. The zero-order valence-electron chi connectivity index (χ0n) is 13.6. The van der Waals surface area contributed by atoms with Crippen molar-refractivity contribution in [1.29, 1.82) is 0 Å². The van der Waals surface area contributed by atoms with Gasteiger partial charge < -0.3 is 9.80 Å². The van der Waals surface area contributed by atoms with Crippen LogP contribution in [-0.4, -0.2) is 32.1 Å². The molecule has 0 saturated heterocycles. The quantitative estimate of drug-likeness (QED) is 0.775. The molecule has 0 radical (unpaired) electrons. The molecule has 110 valence electrons. The lowest BCUT2D eigenvalue weighted by atomic mass is 9.82. The van der Waals surface area contributed by atoms with Gasteiger partial charge in [0.05, 0.1) is 0 Å². The number of rotatable bonds is 1. The Morgan fingerprint density at radius 3 is 2.30 bits per heavy atom. The molecular weight excluding hydrogens is 264 g/mol. The van der Waals surface area contributed by atoms with Crippen molar-refractivity contribution in [3.63, 3.8) is 0 Å². The molecule has 2 atom stereocenters. The minimum atomic E-state index is 0.561. The van der Waals surface area contributed by atoms with Crippen LogP contribution < -0.4 is 4.90 Å². The van der Waals surface area contributed by atoms with E-state index in [1.54, 1.807) is 22.3 Å². The van der Waals surface area contributed by atoms with Gasteiger partial charge in [-0.3, -0.25) is 0 Å². The fourth-order valence-corrected chi connectivity index (χ4v) is 5.23. The van der Waals surface area contributed by atoms with Crippen LogP contribution in [0.15, 0.2) is 0 Å². The van der Waals surface area contributed by atoms with E-state index in [-0.39, 0.29) is 0 Å². The van der Waals surface area contributed by atoms with Crippen LogP contribution in [0.3, 0.4) is 0 Å². The van der Waals surface area contributed by atoms with Gasteiger partial charge in [-0.25, -0.2) is 0 Å². The van der Waals surface area contributed by atoms with Crippen LogP contribution in [0.4, 0.5) is 5.69 Å². The van der Waals surface area contributed by atoms with Crippen molar-refractivity contribution in [2.75, 3.05) is 26.0 Å². The van der Waals surface area contributed by atoms with Gasteiger partial charge in [0.1, 0.15) is 0 Å². The first-order valence-corrected chi connectivity index (χ1v) is 8.70. The van der Waals surface area contributed by atoms with E-state index < -0.39 is 0 Å². The van der Waals surface area contributed by atoms with E-state index in [2.05, 4.69) is 63.5 Å². The van der Waals surface area contributed by atoms with Crippen molar-refractivity contribution in [2.24, 2.45) is 0 Å². The summed E-state index contributed by atoms with van der Waals surface area (Å²) in [5.41, 5.74) is 9.44. The molecule has 1 aromatic rings. The summed E-state index contributed by atoms with van der Waals surface area (Å²) < 4.78 is 0. The molecule has 2 unspecified atom stereocenters. The van der Waals surface area contributed by atoms with Gasteiger partial charge in [0.15, 0.2) is 0 Å². The van der Waals surface area contributed by atoms with Crippen molar-refractivity contribution in [3.05, 3.63) is 27.8 Å². The first kappa shape index (κ1) is 14.3. The third kappa shape index (κ3) is 1.90. The maximum Gasteiger partial charge on any atom is 0.0450 e. The molecule has 0 amide bonds. The van der Waals surface area contributed by atoms with Gasteiger partial charge in [-0.1, -0.05) is 0 Å². The first-order chi connectivity index (χ1) is 9.43. The average molecular weight is 290 g/mol. The number of benzene rings is 1. The highest BCUT2D eigenvalue weighted by atomic mass is 32.2. The van der Waals surface area contributed by atoms with Crippen LogP contribution in [0.1, 0.15) is 47.2 Å². The molecule has 2 nitrogen and oxygen atoms in total. The minimum Gasteiger partial charge on any atom is -0.371 e. The van der Waals surface area contributed by atoms with Crippen LogP contribution in [0, 0.1) is 13.8 Å². The summed E-state index contributed by atoms with van der Waals surface area (Å²) in [4.78, 5) is 4.92. The second-order valence-corrected chi connectivity index (χ2v) is 7.62. The van der Waals surface area contributed by atoms with Crippen molar-refractivity contribution in [2.45, 2.75) is 50.8 Å². The van der Waals surface area contributed by atoms with E-state index in [0.29, 0.717) is 12.1 Å². The molecule has 0 spiro atoms. The highest BCUT2D eigenvalue weighted by Crippen LogP contribution is 2.48. The molecule has 20 heavy (non-hydrogen) atoms. The number of thioether (sulfide) groups is 1. The minimum absolute atomic E-state index is 0.561. The van der Waals surface area contributed by atoms with Crippen LogP contribution in [0.5, 0.6) is 0 Å². The van der Waals surface area contributed by atoms with E-state index >= 15 is 0 Å². The SMILES string of the molecule is Cc1c2c(c(C)c3c1C(N(C)C)CC(C)N3C)CSC2. The largest absolute Gasteiger partial charge is 0.371 e. The lowest BCUT2D eigenvalue weighted by Gasteiger charge is -2.43. The van der Waals surface area contributed by atoms with Crippen LogP contribution in [0.2, 0.25) is 0 Å². The number of hydrogen-bond acceptors (Lipinski definition) is 3. The normalized spacial score (nSPS) is 25.1. The molecule has 2 aliphatic rings. The lowest BCUT2D eigenvalue weighted by Crippen LogP contribution is -2.40. The van der Waals surface area contributed by atoms with E-state index in [4.69, 9.17) is 0 Å². The van der Waals surface area contributed by atoms with Crippen LogP contribution in [0.25, 0.3) is 0 Å². The van der Waals surface area contributed by atoms with Crippen molar-refractivity contribution < 1.29 is 0 Å². The maximum absolute atomic E-state index is 2.51. The Labute approximate surface area is 127 Å². The maximum atomic E-state index is 2.51. The fourth-order valence-electron chi connectivity index (χ4n) is 3.93. The number of hydrogen-bond donors (Lipinski definition) is 0. The summed E-state index contributed by atoms with van der Waals surface area (Å²) in [6, 6.07) is 1.17. The molecule has 2 aliphatic heterocycles. The van der Waals surface area contributed by atoms with E-state index in [9.17, 15) is 0 Å². The van der Waals surface area contributed by atoms with Crippen LogP contribution >= 0.6 is 11.8 Å². The molecule has 3 rings (SSSR count). The van der Waals surface area contributed by atoms with Crippen molar-refractivity contribution in [1.82, 2.24) is 4.90 Å². The van der Waals surface area contributed by atoms with Gasteiger partial charge in [-0.2, -0.15) is 11.8 Å². The van der Waals surface area contributed by atoms with Gasteiger partial charge >= 0.3 is 0 Å². The molecule has 0 bridgehead atoms. The van der Waals surface area contributed by atoms with Gasteiger partial charge in [-0.05, 0) is 69.1 Å². The summed E-state index contributed by atoms with van der Waals surface area (Å²) in [6.45, 7) is 7.05. The topological polar surface area (TPSA) is 6.48 Å². The fraction of sp³-hybridized carbons (Fsp3) is 0.647. The van der Waals surface area contributed by atoms with Gasteiger partial charge in [0.25, 0.3) is 0 Å². The molecule has 1 aromatic carbocycles. The third-order valence-electron chi connectivity index (χ3n) is 5.31. The first-order valence-electron chi connectivity index (χ1n) is 7.55. The van der Waals surface area contributed by atoms with Gasteiger partial charge in [-0.15, -0.1) is 0 Å². The summed E-state index contributed by atoms with van der Waals surface area (Å²) >= 11 is 2.07. The zero-order chi connectivity index (χ0) is 14.6. The summed E-state index contributed by atoms with van der Waals surface area (Å²) in [6.07, 6.45) is 1.22. The zero-order valence-corrected chi connectivity index (χ0v) is 14.4. The standard InChI is InChI=1S/C17H26N2S/c1-10-7-15(18(4)5)16-11(2)13-8-20-9-14(13)12(3)17(16)19(10)6/h10,15H,7-9H2,1-6H3. The molecular formula is C17H26N2S. The predicted octanol–water partition coefficient (Wildman–Crippen LogP) is 3.88. The Hall–Kier alpha value is -0.670. The summed E-state index contributed by atoms with van der Waals surface area (Å²) in [5.74, 6) is 2.40. The second-order valence-electron chi connectivity index (χ2n) is 6.64. The molecule has 2 heterocycles. The number of anilines is 1. The highest BCUT2D eigenvalue weighted by Gasteiger charge is 2.35. The molecule has 0 N–H and O–H groups in total. The van der Waals surface area contributed by atoms with Gasteiger partial charge in [0, 0.05) is 36.3 Å². The van der Waals surface area contributed by atoms with E-state index in [0.717, 1.165) is 0 Å². The van der Waals surface area contributed by atoms with Crippen LogP contribution in [-0.2, 0) is 11.5 Å². The van der Waals surface area contributed by atoms with Crippen molar-refractivity contribution in [3.8, 4) is 0 Å². The molecule has 0 fully saturated rings. The smallest absolute Gasteiger partial charge is 0.0450 e. The Kier molecular flexibility index (Phi) is 3.54. The molecule has 0 aliphatic carbocycles. The molecule has 0 saturated carbocycles. The summed E-state index contributed by atoms with van der Waals surface area (Å²) in [5, 5.41) is 0. The Bertz CT molecular complexity index is 551. The molecule has 3 heteroatoms.